The van der Waals surface area contributed by atoms with Gasteiger partial charge in [-0.2, -0.15) is 4.31 Å². The maximum atomic E-state index is 14.4. The summed E-state index contributed by atoms with van der Waals surface area (Å²) in [5.74, 6) is -2.05. The molecule has 5 rings (SSSR count). The Hall–Kier alpha value is -2.80. The number of nitrogens with zero attached hydrogens (tertiary/aromatic N) is 4. The zero-order valence-electron chi connectivity index (χ0n) is 18.3. The molecule has 0 aliphatic carbocycles. The van der Waals surface area contributed by atoms with Gasteiger partial charge >= 0.3 is 0 Å². The Morgan fingerprint density at radius 3 is 2.77 bits per heavy atom. The van der Waals surface area contributed by atoms with Crippen molar-refractivity contribution in [2.75, 3.05) is 11.4 Å². The lowest BCUT2D eigenvalue weighted by atomic mass is 10.0. The fourth-order valence-corrected chi connectivity index (χ4v) is 7.88. The van der Waals surface area contributed by atoms with Crippen molar-refractivity contribution in [1.82, 2.24) is 14.3 Å². The minimum atomic E-state index is -3.88. The number of rotatable bonds is 6. The second kappa shape index (κ2) is 9.69. The van der Waals surface area contributed by atoms with Crippen molar-refractivity contribution in [3.8, 4) is 0 Å². The molecule has 1 atom stereocenters. The van der Waals surface area contributed by atoms with Crippen molar-refractivity contribution in [1.29, 1.82) is 0 Å². The van der Waals surface area contributed by atoms with Crippen LogP contribution >= 0.6 is 22.7 Å². The van der Waals surface area contributed by atoms with Crippen LogP contribution in [0.3, 0.4) is 0 Å². The number of carbonyl (C=O) groups is 1. The van der Waals surface area contributed by atoms with Crippen LogP contribution in [0.4, 0.5) is 13.9 Å². The molecule has 182 valence electrons. The molecule has 1 fully saturated rings. The molecule has 4 heterocycles. The fourth-order valence-electron chi connectivity index (χ4n) is 4.10. The largest absolute Gasteiger partial charge is 0.281 e. The van der Waals surface area contributed by atoms with Crippen LogP contribution in [-0.4, -0.2) is 41.2 Å². The van der Waals surface area contributed by atoms with Crippen LogP contribution in [0.5, 0.6) is 0 Å². The van der Waals surface area contributed by atoms with Gasteiger partial charge in [0.25, 0.3) is 10.0 Å². The van der Waals surface area contributed by atoms with Gasteiger partial charge < -0.3 is 0 Å². The van der Waals surface area contributed by atoms with E-state index in [2.05, 4.69) is 9.97 Å². The summed E-state index contributed by atoms with van der Waals surface area (Å²) in [6, 6.07) is 9.37. The van der Waals surface area contributed by atoms with E-state index >= 15 is 0 Å². The van der Waals surface area contributed by atoms with Crippen molar-refractivity contribution in [2.24, 2.45) is 0 Å². The highest BCUT2D eigenvalue weighted by atomic mass is 32.2. The number of amides is 1. The third kappa shape index (κ3) is 4.70. The van der Waals surface area contributed by atoms with Gasteiger partial charge in [0.15, 0.2) is 10.9 Å². The fraction of sp³-hybridized carbons (Fsp3) is 0.261. The maximum absolute atomic E-state index is 14.4. The second-order valence-corrected chi connectivity index (χ2v) is 12.1. The van der Waals surface area contributed by atoms with E-state index in [-0.39, 0.29) is 32.6 Å². The predicted octanol–water partition coefficient (Wildman–Crippen LogP) is 4.81. The number of carbonyl (C=O) groups excluding carboxylic acids is 1. The summed E-state index contributed by atoms with van der Waals surface area (Å²) in [7, 11) is -3.88. The molecule has 1 saturated heterocycles. The van der Waals surface area contributed by atoms with E-state index < -0.39 is 33.6 Å². The van der Waals surface area contributed by atoms with E-state index in [0.29, 0.717) is 25.0 Å². The molecule has 0 radical (unpaired) electrons. The molecular formula is C23H20F2N4O3S3. The number of fused-ring (bicyclic) bond motifs is 1. The van der Waals surface area contributed by atoms with Gasteiger partial charge in [-0.05, 0) is 42.5 Å². The van der Waals surface area contributed by atoms with Crippen LogP contribution in [0.2, 0.25) is 0 Å². The molecule has 7 nitrogen and oxygen atoms in total. The van der Waals surface area contributed by atoms with Crippen LogP contribution in [0.15, 0.2) is 58.3 Å². The zero-order valence-corrected chi connectivity index (χ0v) is 20.8. The number of halogens is 2. The lowest BCUT2D eigenvalue weighted by Gasteiger charge is -2.35. The first-order valence-electron chi connectivity index (χ1n) is 10.9. The predicted molar refractivity (Wildman–Crippen MR) is 131 cm³/mol. The third-order valence-corrected chi connectivity index (χ3v) is 10.0. The monoisotopic (exact) mass is 534 g/mol. The molecule has 1 aromatic carbocycles. The van der Waals surface area contributed by atoms with Gasteiger partial charge in [0.2, 0.25) is 5.91 Å². The second-order valence-electron chi connectivity index (χ2n) is 8.04. The van der Waals surface area contributed by atoms with E-state index in [4.69, 9.17) is 0 Å². The van der Waals surface area contributed by atoms with Crippen molar-refractivity contribution in [3.05, 3.63) is 71.4 Å². The van der Waals surface area contributed by atoms with Crippen LogP contribution < -0.4 is 4.90 Å². The van der Waals surface area contributed by atoms with Gasteiger partial charge in [0.1, 0.15) is 21.6 Å². The van der Waals surface area contributed by atoms with E-state index in [1.54, 1.807) is 35.8 Å². The Labute approximate surface area is 208 Å². The molecule has 0 saturated carbocycles. The summed E-state index contributed by atoms with van der Waals surface area (Å²) < 4.78 is 56.6. The van der Waals surface area contributed by atoms with Crippen molar-refractivity contribution >= 4 is 54.0 Å². The van der Waals surface area contributed by atoms with Crippen LogP contribution in [0.1, 0.15) is 25.0 Å². The number of anilines is 1. The van der Waals surface area contributed by atoms with E-state index in [9.17, 15) is 22.0 Å². The molecule has 12 heteroatoms. The van der Waals surface area contributed by atoms with Crippen molar-refractivity contribution in [3.63, 3.8) is 0 Å². The molecule has 35 heavy (non-hydrogen) atoms. The topological polar surface area (TPSA) is 83.5 Å². The number of sulfonamides is 1. The lowest BCUT2D eigenvalue weighted by molar-refractivity contribution is -0.123. The van der Waals surface area contributed by atoms with Crippen LogP contribution in [-0.2, 0) is 21.4 Å². The number of piperidine rings is 1. The summed E-state index contributed by atoms with van der Waals surface area (Å²) >= 11 is 2.07. The molecule has 1 unspecified atom stereocenters. The number of aromatic nitrogens is 2. The number of thiophene rings is 1. The molecule has 0 bridgehead atoms. The smallest absolute Gasteiger partial charge is 0.253 e. The zero-order chi connectivity index (χ0) is 24.6. The van der Waals surface area contributed by atoms with Crippen LogP contribution in [0, 0.1) is 11.6 Å². The number of benzene rings is 1. The highest BCUT2D eigenvalue weighted by Crippen LogP contribution is 2.35. The van der Waals surface area contributed by atoms with E-state index in [0.717, 1.165) is 34.8 Å². The average Bonchev–Trinajstić information content (AvgIpc) is 3.54. The summed E-state index contributed by atoms with van der Waals surface area (Å²) in [6.07, 6.45) is 3.25. The van der Waals surface area contributed by atoms with Gasteiger partial charge in [0.05, 0.1) is 16.9 Å². The van der Waals surface area contributed by atoms with E-state index in [1.165, 1.54) is 15.3 Å². The molecular weight excluding hydrogens is 514 g/mol. The summed E-state index contributed by atoms with van der Waals surface area (Å²) in [5.41, 5.74) is 0.507. The highest BCUT2D eigenvalue weighted by Gasteiger charge is 2.41. The first-order valence-corrected chi connectivity index (χ1v) is 14.0. The molecule has 1 aliphatic heterocycles. The Bertz CT molecular complexity index is 1460. The maximum Gasteiger partial charge on any atom is 0.253 e. The van der Waals surface area contributed by atoms with Gasteiger partial charge in [-0.15, -0.1) is 11.3 Å². The van der Waals surface area contributed by atoms with Gasteiger partial charge in [0, 0.05) is 18.8 Å². The van der Waals surface area contributed by atoms with Gasteiger partial charge in [-0.25, -0.2) is 22.2 Å². The number of hydrogen-bond acceptors (Lipinski definition) is 7. The molecule has 0 N–H and O–H groups in total. The first-order chi connectivity index (χ1) is 16.8. The Morgan fingerprint density at radius 1 is 1.17 bits per heavy atom. The average molecular weight is 535 g/mol. The Kier molecular flexibility index (Phi) is 6.62. The number of pyridine rings is 1. The summed E-state index contributed by atoms with van der Waals surface area (Å²) in [4.78, 5) is 23.9. The Balaban J connectivity index is 1.56. The SMILES string of the molecule is O=C(C1CCCCN1S(=O)(=O)c1cccs1)N(Cc1ccccn1)c1nc2c(F)cc(F)cc2s1. The summed E-state index contributed by atoms with van der Waals surface area (Å²) in [6.45, 7) is 0.223. The highest BCUT2D eigenvalue weighted by molar-refractivity contribution is 7.91. The molecule has 0 spiro atoms. The minimum absolute atomic E-state index is 0.00693. The third-order valence-electron chi connectivity index (χ3n) is 5.74. The molecule has 4 aromatic rings. The standard InChI is InChI=1S/C23H20F2N4O3S3/c24-15-12-17(25)21-19(13-15)34-23(27-21)28(14-16-6-1-3-9-26-16)22(30)18-7-2-4-10-29(18)35(31,32)20-8-5-11-33-20/h1,3,5-6,8-9,11-13,18H,2,4,7,10,14H2. The van der Waals surface area contributed by atoms with Crippen molar-refractivity contribution < 1.29 is 22.0 Å². The normalized spacial score (nSPS) is 17.0. The van der Waals surface area contributed by atoms with Gasteiger partial charge in [-0.1, -0.05) is 29.9 Å². The van der Waals surface area contributed by atoms with E-state index in [1.807, 2.05) is 0 Å². The van der Waals surface area contributed by atoms with Gasteiger partial charge in [-0.3, -0.25) is 14.7 Å². The molecule has 1 amide bonds. The van der Waals surface area contributed by atoms with Crippen molar-refractivity contribution in [2.45, 2.75) is 36.1 Å². The summed E-state index contributed by atoms with van der Waals surface area (Å²) in [5, 5.41) is 1.83. The molecule has 3 aromatic heterocycles. The lowest BCUT2D eigenvalue weighted by Crippen LogP contribution is -2.52. The number of thiazole rings is 1. The Morgan fingerprint density at radius 2 is 2.03 bits per heavy atom. The molecule has 1 aliphatic rings. The van der Waals surface area contributed by atoms with Crippen LogP contribution in [0.25, 0.3) is 10.2 Å². The first kappa shape index (κ1) is 23.9. The number of hydrogen-bond donors (Lipinski definition) is 0. The minimum Gasteiger partial charge on any atom is -0.281 e. The quantitative estimate of drug-likeness (QED) is 0.355.